The van der Waals surface area contributed by atoms with Crippen LogP contribution in [0.3, 0.4) is 0 Å². The zero-order valence-electron chi connectivity index (χ0n) is 17.0. The van der Waals surface area contributed by atoms with Crippen LogP contribution in [0.1, 0.15) is 37.3 Å². The molecule has 0 spiro atoms. The number of fused-ring (bicyclic) bond motifs is 1. The largest absolute Gasteiger partial charge is 0.489 e. The van der Waals surface area contributed by atoms with E-state index in [9.17, 15) is 9.18 Å². The molecule has 0 aliphatic carbocycles. The Kier molecular flexibility index (Phi) is 6.27. The lowest BCUT2D eigenvalue weighted by Crippen LogP contribution is -2.35. The summed E-state index contributed by atoms with van der Waals surface area (Å²) in [6, 6.07) is 13.5. The lowest BCUT2D eigenvalue weighted by molar-refractivity contribution is -0.114. The molecule has 2 aromatic rings. The Morgan fingerprint density at radius 1 is 1.19 bits per heavy atom. The topological polar surface area (TPSA) is 78.1 Å². The summed E-state index contributed by atoms with van der Waals surface area (Å²) in [5, 5.41) is 15.6. The van der Waals surface area contributed by atoms with Crippen molar-refractivity contribution in [2.75, 3.05) is 0 Å². The second-order valence-electron chi connectivity index (χ2n) is 7.07. The fourth-order valence-electron chi connectivity index (χ4n) is 3.06. The standard InChI is InChI=1S/C23H21FN4O2S/c1-2-3-8-20-27-28-21(25)18(22(29)26-23(28)31-20)13-15-9-11-17(12-10-15)30-14-16-6-4-5-7-19(16)24/h4-7,9-13,25H,2-3,8,14H2,1H3/b18-13-,25-21?. The number of carbonyl (C=O) groups excluding carboxylic acids is 1. The molecule has 1 N–H and O–H groups in total. The Hall–Kier alpha value is -3.26. The molecule has 0 saturated heterocycles. The van der Waals surface area contributed by atoms with Gasteiger partial charge in [-0.25, -0.2) is 4.39 Å². The number of thioether (sulfide) groups is 1. The van der Waals surface area contributed by atoms with E-state index in [-0.39, 0.29) is 23.8 Å². The highest BCUT2D eigenvalue weighted by atomic mass is 32.2. The minimum Gasteiger partial charge on any atom is -0.489 e. The lowest BCUT2D eigenvalue weighted by atomic mass is 10.1. The molecule has 2 heterocycles. The molecule has 158 valence electrons. The van der Waals surface area contributed by atoms with E-state index in [1.807, 2.05) is 0 Å². The van der Waals surface area contributed by atoms with Crippen LogP contribution in [0.25, 0.3) is 6.08 Å². The van der Waals surface area contributed by atoms with Crippen molar-refractivity contribution in [1.29, 1.82) is 5.41 Å². The van der Waals surface area contributed by atoms with Crippen LogP contribution in [-0.4, -0.2) is 27.0 Å². The van der Waals surface area contributed by atoms with E-state index >= 15 is 0 Å². The van der Waals surface area contributed by atoms with Gasteiger partial charge in [0.05, 0.1) is 5.57 Å². The van der Waals surface area contributed by atoms with Crippen LogP contribution < -0.4 is 4.74 Å². The number of rotatable bonds is 7. The smallest absolute Gasteiger partial charge is 0.283 e. The summed E-state index contributed by atoms with van der Waals surface area (Å²) >= 11 is 1.35. The Balaban J connectivity index is 1.46. The van der Waals surface area contributed by atoms with Crippen LogP contribution >= 0.6 is 11.8 Å². The van der Waals surface area contributed by atoms with Gasteiger partial charge in [-0.1, -0.05) is 43.7 Å². The summed E-state index contributed by atoms with van der Waals surface area (Å²) in [5.41, 5.74) is 1.39. The van der Waals surface area contributed by atoms with Crippen LogP contribution in [0.4, 0.5) is 4.39 Å². The number of ether oxygens (including phenoxy) is 1. The molecule has 2 aromatic carbocycles. The van der Waals surface area contributed by atoms with Gasteiger partial charge in [0.15, 0.2) is 5.84 Å². The fraction of sp³-hybridized carbons (Fsp3) is 0.217. The molecule has 1 amide bonds. The van der Waals surface area contributed by atoms with E-state index in [4.69, 9.17) is 10.1 Å². The highest BCUT2D eigenvalue weighted by molar-refractivity contribution is 8.26. The van der Waals surface area contributed by atoms with E-state index in [2.05, 4.69) is 17.0 Å². The summed E-state index contributed by atoms with van der Waals surface area (Å²) in [7, 11) is 0. The minimum absolute atomic E-state index is 0.0221. The van der Waals surface area contributed by atoms with E-state index in [1.54, 1.807) is 48.5 Å². The van der Waals surface area contributed by atoms with Crippen molar-refractivity contribution in [2.24, 2.45) is 10.1 Å². The Bertz CT molecular complexity index is 1110. The molecule has 6 nitrogen and oxygen atoms in total. The number of carbonyl (C=O) groups is 1. The first-order chi connectivity index (χ1) is 15.0. The first-order valence-corrected chi connectivity index (χ1v) is 10.8. The van der Waals surface area contributed by atoms with E-state index in [0.717, 1.165) is 29.9 Å². The van der Waals surface area contributed by atoms with Crippen LogP contribution in [0, 0.1) is 11.2 Å². The number of hydrogen-bond donors (Lipinski definition) is 1. The molecular weight excluding hydrogens is 415 g/mol. The minimum atomic E-state index is -0.449. The number of hydrazone groups is 1. The zero-order valence-corrected chi connectivity index (χ0v) is 17.8. The molecule has 0 saturated carbocycles. The van der Waals surface area contributed by atoms with Crippen LogP contribution in [0.5, 0.6) is 5.75 Å². The van der Waals surface area contributed by atoms with Gasteiger partial charge in [-0.15, -0.1) is 0 Å². The number of benzene rings is 2. The molecule has 0 aromatic heterocycles. The van der Waals surface area contributed by atoms with Crippen molar-refractivity contribution in [2.45, 2.75) is 32.8 Å². The molecule has 2 aliphatic rings. The van der Waals surface area contributed by atoms with E-state index in [0.29, 0.717) is 16.5 Å². The van der Waals surface area contributed by atoms with Gasteiger partial charge in [-0.2, -0.15) is 15.1 Å². The van der Waals surface area contributed by atoms with Gasteiger partial charge in [0.1, 0.15) is 23.2 Å². The maximum atomic E-state index is 13.7. The fourth-order valence-corrected chi connectivity index (χ4v) is 3.99. The second kappa shape index (κ2) is 9.26. The SMILES string of the molecule is CCCCC1=NN2C(=N)/C(=C/c3ccc(OCc4ccccc4F)cc3)C(=O)N=C2S1. The first-order valence-electron chi connectivity index (χ1n) is 10.0. The number of halogens is 1. The van der Waals surface area contributed by atoms with Gasteiger partial charge in [0, 0.05) is 5.56 Å². The molecule has 0 radical (unpaired) electrons. The van der Waals surface area contributed by atoms with Gasteiger partial charge >= 0.3 is 0 Å². The Morgan fingerprint density at radius 2 is 1.97 bits per heavy atom. The highest BCUT2D eigenvalue weighted by Crippen LogP contribution is 2.30. The lowest BCUT2D eigenvalue weighted by Gasteiger charge is -2.20. The third kappa shape index (κ3) is 4.74. The van der Waals surface area contributed by atoms with Crippen LogP contribution in [0.2, 0.25) is 0 Å². The molecule has 8 heteroatoms. The number of amidine groups is 2. The molecule has 0 bridgehead atoms. The van der Waals surface area contributed by atoms with Crippen molar-refractivity contribution >= 4 is 39.8 Å². The number of unbranched alkanes of at least 4 members (excludes halogenated alkanes) is 1. The molecule has 2 aliphatic heterocycles. The molecule has 4 rings (SSSR count). The van der Waals surface area contributed by atoms with Gasteiger partial charge in [-0.3, -0.25) is 10.2 Å². The number of hydrogen-bond acceptors (Lipinski definition) is 5. The molecule has 0 fully saturated rings. The summed E-state index contributed by atoms with van der Waals surface area (Å²) in [5.74, 6) is -0.153. The van der Waals surface area contributed by atoms with Gasteiger partial charge in [0.2, 0.25) is 5.17 Å². The van der Waals surface area contributed by atoms with Crippen molar-refractivity contribution in [3.8, 4) is 5.75 Å². The average molecular weight is 437 g/mol. The maximum Gasteiger partial charge on any atom is 0.283 e. The van der Waals surface area contributed by atoms with Gasteiger partial charge < -0.3 is 4.74 Å². The molecule has 0 atom stereocenters. The monoisotopic (exact) mass is 436 g/mol. The molecule has 31 heavy (non-hydrogen) atoms. The summed E-state index contributed by atoms with van der Waals surface area (Å²) in [6.45, 7) is 2.23. The number of nitrogens with zero attached hydrogens (tertiary/aromatic N) is 3. The average Bonchev–Trinajstić information content (AvgIpc) is 3.18. The third-order valence-corrected chi connectivity index (χ3v) is 5.75. The maximum absolute atomic E-state index is 13.7. The van der Waals surface area contributed by atoms with Crippen LogP contribution in [0.15, 0.2) is 64.2 Å². The zero-order chi connectivity index (χ0) is 21.8. The van der Waals surface area contributed by atoms with Crippen molar-refractivity contribution in [1.82, 2.24) is 5.01 Å². The van der Waals surface area contributed by atoms with Gasteiger partial charge in [-0.05, 0) is 54.4 Å². The summed E-state index contributed by atoms with van der Waals surface area (Å²) in [4.78, 5) is 16.6. The first kappa shape index (κ1) is 21.0. The Labute approximate surface area is 184 Å². The number of aliphatic imine (C=N–C) groups is 1. The van der Waals surface area contributed by atoms with Crippen molar-refractivity contribution in [3.63, 3.8) is 0 Å². The predicted molar refractivity (Wildman–Crippen MR) is 122 cm³/mol. The second-order valence-corrected chi connectivity index (χ2v) is 8.11. The third-order valence-electron chi connectivity index (χ3n) is 4.78. The van der Waals surface area contributed by atoms with Crippen molar-refractivity contribution < 1.29 is 13.9 Å². The summed E-state index contributed by atoms with van der Waals surface area (Å²) < 4.78 is 19.3. The molecular formula is C23H21FN4O2S. The van der Waals surface area contributed by atoms with Gasteiger partial charge in [0.25, 0.3) is 5.91 Å². The number of nitrogens with one attached hydrogen (secondary N) is 1. The van der Waals surface area contributed by atoms with Crippen molar-refractivity contribution in [3.05, 3.63) is 71.0 Å². The van der Waals surface area contributed by atoms with Crippen LogP contribution in [-0.2, 0) is 11.4 Å². The Morgan fingerprint density at radius 3 is 2.71 bits per heavy atom. The summed E-state index contributed by atoms with van der Waals surface area (Å²) in [6.07, 6.45) is 4.48. The quantitative estimate of drug-likeness (QED) is 0.604. The highest BCUT2D eigenvalue weighted by Gasteiger charge is 2.35. The number of amides is 1. The molecule has 0 unspecified atom stereocenters. The normalized spacial score (nSPS) is 17.0. The van der Waals surface area contributed by atoms with E-state index < -0.39 is 5.91 Å². The van der Waals surface area contributed by atoms with E-state index in [1.165, 1.54) is 22.8 Å². The predicted octanol–water partition coefficient (Wildman–Crippen LogP) is 5.21.